The molecule has 1 unspecified atom stereocenters. The molecule has 3 nitrogen and oxygen atoms in total. The molecule has 0 aromatic rings. The van der Waals surface area contributed by atoms with Gasteiger partial charge in [-0.3, -0.25) is 9.59 Å². The molecule has 1 atom stereocenters. The number of alkyl halides is 1. The van der Waals surface area contributed by atoms with Gasteiger partial charge in [-0.15, -0.1) is 0 Å². The molecule has 0 spiro atoms. The molecule has 1 N–H and O–H groups in total. The van der Waals surface area contributed by atoms with Gasteiger partial charge >= 0.3 is 5.97 Å². The minimum absolute atomic E-state index is 0.263. The first kappa shape index (κ1) is 11.6. The fraction of sp³-hybridized carbons (Fsp3) is 0.750. The summed E-state index contributed by atoms with van der Waals surface area (Å²) in [5.41, 5.74) is 0. The third-order valence-corrected chi connectivity index (χ3v) is 3.03. The zero-order chi connectivity index (χ0) is 9.94. The molecule has 0 rings (SSSR count). The molecule has 12 heavy (non-hydrogen) atoms. The molecular weight excluding hydrogens is 224 g/mol. The summed E-state index contributed by atoms with van der Waals surface area (Å²) in [6, 6.07) is 0. The van der Waals surface area contributed by atoms with E-state index in [0.717, 1.165) is 0 Å². The quantitative estimate of drug-likeness (QED) is 0.599. The van der Waals surface area contributed by atoms with Gasteiger partial charge in [0.15, 0.2) is 10.1 Å². The summed E-state index contributed by atoms with van der Waals surface area (Å²) in [4.78, 5) is 22.1. The van der Waals surface area contributed by atoms with E-state index in [4.69, 9.17) is 5.11 Å². The second kappa shape index (κ2) is 4.03. The third-order valence-electron chi connectivity index (χ3n) is 1.74. The topological polar surface area (TPSA) is 54.4 Å². The predicted octanol–water partition coefficient (Wildman–Crippen LogP) is 1.84. The van der Waals surface area contributed by atoms with Crippen LogP contribution in [0.3, 0.4) is 0 Å². The highest BCUT2D eigenvalue weighted by Crippen LogP contribution is 2.27. The van der Waals surface area contributed by atoms with Crippen LogP contribution in [0.15, 0.2) is 0 Å². The Morgan fingerprint density at radius 3 is 2.00 bits per heavy atom. The molecule has 0 aromatic heterocycles. The smallest absolute Gasteiger partial charge is 0.328 e. The van der Waals surface area contributed by atoms with Gasteiger partial charge in [0.05, 0.1) is 0 Å². The van der Waals surface area contributed by atoms with E-state index in [9.17, 15) is 9.59 Å². The normalized spacial score (nSPS) is 15.8. The van der Waals surface area contributed by atoms with E-state index in [0.29, 0.717) is 0 Å². The lowest BCUT2D eigenvalue weighted by atomic mass is 9.93. The van der Waals surface area contributed by atoms with Crippen LogP contribution in [0, 0.1) is 5.92 Å². The van der Waals surface area contributed by atoms with Crippen molar-refractivity contribution in [3.05, 3.63) is 0 Å². The predicted molar refractivity (Wildman–Crippen MR) is 49.4 cm³/mol. The van der Waals surface area contributed by atoms with Crippen LogP contribution in [0.2, 0.25) is 0 Å². The molecule has 0 fully saturated rings. The van der Waals surface area contributed by atoms with E-state index in [1.54, 1.807) is 20.8 Å². The van der Waals surface area contributed by atoms with Gasteiger partial charge in [0, 0.05) is 5.92 Å². The summed E-state index contributed by atoms with van der Waals surface area (Å²) in [6.07, 6.45) is 0.263. The van der Waals surface area contributed by atoms with Crippen molar-refractivity contribution in [2.24, 2.45) is 5.92 Å². The number of carboxylic acids is 1. The van der Waals surface area contributed by atoms with Gasteiger partial charge < -0.3 is 5.11 Å². The van der Waals surface area contributed by atoms with Crippen LogP contribution in [0.4, 0.5) is 0 Å². The van der Waals surface area contributed by atoms with Gasteiger partial charge in [-0.2, -0.15) is 0 Å². The van der Waals surface area contributed by atoms with Crippen molar-refractivity contribution in [3.8, 4) is 0 Å². The lowest BCUT2D eigenvalue weighted by Crippen LogP contribution is -2.42. The van der Waals surface area contributed by atoms with Gasteiger partial charge in [-0.25, -0.2) is 0 Å². The number of hydrogen-bond donors (Lipinski definition) is 1. The largest absolute Gasteiger partial charge is 0.480 e. The Morgan fingerprint density at radius 1 is 1.50 bits per heavy atom. The van der Waals surface area contributed by atoms with Crippen molar-refractivity contribution in [3.63, 3.8) is 0 Å². The summed E-state index contributed by atoms with van der Waals surface area (Å²) in [5.74, 6) is -1.65. The van der Waals surface area contributed by atoms with E-state index in [2.05, 4.69) is 15.9 Å². The zero-order valence-corrected chi connectivity index (χ0v) is 9.01. The second-order valence-corrected chi connectivity index (χ2v) is 4.33. The molecular formula is C8H13BrO3. The van der Waals surface area contributed by atoms with E-state index in [-0.39, 0.29) is 18.1 Å². The number of carboxylic acid groups (broad SMARTS) is 1. The summed E-state index contributed by atoms with van der Waals surface area (Å²) >= 11 is 2.97. The van der Waals surface area contributed by atoms with Crippen molar-refractivity contribution < 1.29 is 14.7 Å². The van der Waals surface area contributed by atoms with E-state index >= 15 is 0 Å². The molecule has 0 bridgehead atoms. The van der Waals surface area contributed by atoms with Crippen LogP contribution in [-0.2, 0) is 9.59 Å². The molecule has 0 aliphatic carbocycles. The Balaban J connectivity index is 4.76. The van der Waals surface area contributed by atoms with E-state index in [1.807, 2.05) is 0 Å². The molecule has 0 radical (unpaired) electrons. The highest BCUT2D eigenvalue weighted by atomic mass is 79.9. The van der Waals surface area contributed by atoms with Crippen molar-refractivity contribution >= 4 is 27.7 Å². The van der Waals surface area contributed by atoms with E-state index in [1.165, 1.54) is 0 Å². The van der Waals surface area contributed by atoms with Crippen LogP contribution >= 0.6 is 15.9 Å². The lowest BCUT2D eigenvalue weighted by Gasteiger charge is -2.21. The van der Waals surface area contributed by atoms with Gasteiger partial charge in [0.2, 0.25) is 0 Å². The van der Waals surface area contributed by atoms with Crippen molar-refractivity contribution in [1.29, 1.82) is 0 Å². The first-order chi connectivity index (χ1) is 5.36. The molecule has 0 heterocycles. The van der Waals surface area contributed by atoms with Crippen molar-refractivity contribution in [1.82, 2.24) is 0 Å². The summed E-state index contributed by atoms with van der Waals surface area (Å²) in [6.45, 7) is 5.05. The highest BCUT2D eigenvalue weighted by Gasteiger charge is 2.42. The Hall–Kier alpha value is -0.380. The summed E-state index contributed by atoms with van der Waals surface area (Å²) < 4.78 is -1.39. The molecule has 0 saturated heterocycles. The number of aliphatic carboxylic acids is 1. The molecule has 0 amide bonds. The average molecular weight is 237 g/mol. The minimum atomic E-state index is -1.39. The zero-order valence-electron chi connectivity index (χ0n) is 7.43. The highest BCUT2D eigenvalue weighted by molar-refractivity contribution is 9.10. The number of hydrogen-bond acceptors (Lipinski definition) is 2. The van der Waals surface area contributed by atoms with Crippen LogP contribution in [0.5, 0.6) is 0 Å². The van der Waals surface area contributed by atoms with Gasteiger partial charge in [0.1, 0.15) is 0 Å². The molecule has 0 aromatic carbocycles. The lowest BCUT2D eigenvalue weighted by molar-refractivity contribution is -0.144. The minimum Gasteiger partial charge on any atom is -0.480 e. The van der Waals surface area contributed by atoms with Crippen LogP contribution in [-0.4, -0.2) is 21.2 Å². The molecule has 4 heteroatoms. The molecule has 70 valence electrons. The molecule has 0 aliphatic heterocycles. The Labute approximate surface area is 80.3 Å². The maximum atomic E-state index is 11.4. The van der Waals surface area contributed by atoms with Crippen LogP contribution in [0.25, 0.3) is 0 Å². The van der Waals surface area contributed by atoms with Crippen molar-refractivity contribution in [2.75, 3.05) is 0 Å². The number of rotatable bonds is 4. The summed E-state index contributed by atoms with van der Waals surface area (Å²) in [5, 5.41) is 8.78. The van der Waals surface area contributed by atoms with Crippen LogP contribution < -0.4 is 0 Å². The fourth-order valence-electron chi connectivity index (χ4n) is 0.888. The third kappa shape index (κ3) is 2.06. The Morgan fingerprint density at radius 2 is 1.92 bits per heavy atom. The SMILES string of the molecule is CCC(Br)(C(=O)O)C(=O)C(C)C. The van der Waals surface area contributed by atoms with Gasteiger partial charge in [0.25, 0.3) is 0 Å². The fourth-order valence-corrected chi connectivity index (χ4v) is 1.35. The number of carbonyl (C=O) groups is 2. The van der Waals surface area contributed by atoms with E-state index < -0.39 is 10.3 Å². The molecule has 0 saturated carbocycles. The number of halogens is 1. The van der Waals surface area contributed by atoms with Gasteiger partial charge in [-0.05, 0) is 6.42 Å². The monoisotopic (exact) mass is 236 g/mol. The maximum absolute atomic E-state index is 11.4. The number of Topliss-reactive ketones (excluding diaryl/α,β-unsaturated/α-hetero) is 1. The maximum Gasteiger partial charge on any atom is 0.328 e. The number of ketones is 1. The number of carbonyl (C=O) groups excluding carboxylic acids is 1. The van der Waals surface area contributed by atoms with Gasteiger partial charge in [-0.1, -0.05) is 36.7 Å². The van der Waals surface area contributed by atoms with Crippen LogP contribution in [0.1, 0.15) is 27.2 Å². The first-order valence-electron chi connectivity index (χ1n) is 3.82. The first-order valence-corrected chi connectivity index (χ1v) is 4.62. The second-order valence-electron chi connectivity index (χ2n) is 2.98. The Bertz CT molecular complexity index is 200. The summed E-state index contributed by atoms with van der Waals surface area (Å²) in [7, 11) is 0. The average Bonchev–Trinajstić information content (AvgIpc) is 2.01. The van der Waals surface area contributed by atoms with Crippen molar-refractivity contribution in [2.45, 2.75) is 31.5 Å². The Kier molecular flexibility index (Phi) is 3.90. The standard InChI is InChI=1S/C8H13BrO3/c1-4-8(9,7(11)12)6(10)5(2)3/h5H,4H2,1-3H3,(H,11,12). The molecule has 0 aliphatic rings.